The molecule has 12 nitrogen and oxygen atoms in total. The Morgan fingerprint density at radius 2 is 1.98 bits per heavy atom. The number of ether oxygens (including phenoxy) is 3. The van der Waals surface area contributed by atoms with Crippen molar-refractivity contribution in [1.29, 1.82) is 0 Å². The van der Waals surface area contributed by atoms with Crippen LogP contribution in [0.15, 0.2) is 59.1 Å². The molecule has 1 N–H and O–H groups in total. The fourth-order valence-electron chi connectivity index (χ4n) is 8.22. The van der Waals surface area contributed by atoms with Gasteiger partial charge in [0.15, 0.2) is 5.78 Å². The summed E-state index contributed by atoms with van der Waals surface area (Å²) in [6.07, 6.45) is 9.14. The predicted octanol–water partition coefficient (Wildman–Crippen LogP) is 5.32. The molecule has 2 aromatic carbocycles. The maximum Gasteiger partial charge on any atom is 0.286 e. The molecule has 2 bridgehead atoms. The Labute approximate surface area is 309 Å². The normalized spacial score (nSPS) is 29.4. The summed E-state index contributed by atoms with van der Waals surface area (Å²) in [4.78, 5) is 43.3. The van der Waals surface area contributed by atoms with E-state index in [1.807, 2.05) is 6.07 Å². The molecule has 52 heavy (non-hydrogen) atoms. The number of amides is 2. The highest BCUT2D eigenvalue weighted by atomic mass is 35.5. The molecule has 1 saturated carbocycles. The molecule has 1 fully saturated rings. The monoisotopic (exact) mass is 749 g/mol. The molecule has 2 aliphatic heterocycles. The second-order valence-electron chi connectivity index (χ2n) is 14.5. The largest absolute Gasteiger partial charge is 0.490 e. The number of methoxy groups -OCH3 is 2. The van der Waals surface area contributed by atoms with E-state index in [1.165, 1.54) is 35.2 Å². The lowest BCUT2D eigenvalue weighted by Crippen LogP contribution is -2.49. The third-order valence-corrected chi connectivity index (χ3v) is 13.2. The van der Waals surface area contributed by atoms with Gasteiger partial charge in [-0.2, -0.15) is 0 Å². The Balaban J connectivity index is 1.32. The van der Waals surface area contributed by atoms with Gasteiger partial charge >= 0.3 is 0 Å². The molecule has 0 saturated heterocycles. The highest BCUT2D eigenvalue weighted by Crippen LogP contribution is 2.47. The van der Waals surface area contributed by atoms with Crippen LogP contribution in [0.3, 0.4) is 0 Å². The average molecular weight is 750 g/mol. The lowest BCUT2D eigenvalue weighted by molar-refractivity contribution is -0.117. The number of rotatable bonds is 4. The number of hydrogen-bond acceptors (Lipinski definition) is 9. The summed E-state index contributed by atoms with van der Waals surface area (Å²) in [6, 6.07) is 11.3. The van der Waals surface area contributed by atoms with Crippen LogP contribution in [-0.4, -0.2) is 77.4 Å². The Hall–Kier alpha value is -4.20. The summed E-state index contributed by atoms with van der Waals surface area (Å²) >= 11 is 6.44. The van der Waals surface area contributed by atoms with Crippen LogP contribution in [0.2, 0.25) is 5.02 Å². The lowest BCUT2D eigenvalue weighted by Gasteiger charge is -2.46. The van der Waals surface area contributed by atoms with Gasteiger partial charge in [-0.1, -0.05) is 30.7 Å². The van der Waals surface area contributed by atoms with Gasteiger partial charge in [0.2, 0.25) is 5.88 Å². The number of benzene rings is 2. The van der Waals surface area contributed by atoms with E-state index >= 15 is 0 Å². The number of hydrogen-bond donors (Lipinski definition) is 1. The molecule has 2 amide bonds. The van der Waals surface area contributed by atoms with Gasteiger partial charge in [0.1, 0.15) is 21.2 Å². The Kier molecular flexibility index (Phi) is 9.96. The first-order chi connectivity index (χ1) is 24.9. The third-order valence-electron chi connectivity index (χ3n) is 11.0. The SMILES string of the molecule is COc1nn(C)cc1C(=O)NS1(=O)=NC(=O)c2ccc3c(c2)N(C[C@@H]2CC[C@H]2[C@@H](OC)/C=C/C(=O)[C@H](C)C1)C[C@@]1(CCCc2cc(Cl)ccc21)CO3. The van der Waals surface area contributed by atoms with Crippen molar-refractivity contribution in [3.05, 3.63) is 82.0 Å². The van der Waals surface area contributed by atoms with Gasteiger partial charge in [0.25, 0.3) is 11.8 Å². The molecule has 6 atom stereocenters. The molecule has 2 aliphatic carbocycles. The minimum atomic E-state index is -3.85. The molecule has 14 heteroatoms. The fraction of sp³-hybridized carbons (Fsp3) is 0.474. The van der Waals surface area contributed by atoms with Gasteiger partial charge < -0.3 is 19.1 Å². The molecule has 0 radical (unpaired) electrons. The van der Waals surface area contributed by atoms with Crippen molar-refractivity contribution in [2.75, 3.05) is 44.6 Å². The van der Waals surface area contributed by atoms with Gasteiger partial charge in [-0.15, -0.1) is 9.46 Å². The number of nitrogens with one attached hydrogen (secondary N) is 1. The van der Waals surface area contributed by atoms with Crippen LogP contribution < -0.4 is 19.1 Å². The summed E-state index contributed by atoms with van der Waals surface area (Å²) in [5.74, 6) is -2.06. The average Bonchev–Trinajstić information content (AvgIpc) is 3.42. The number of nitrogens with zero attached hydrogens (tertiary/aromatic N) is 4. The van der Waals surface area contributed by atoms with E-state index in [9.17, 15) is 18.6 Å². The van der Waals surface area contributed by atoms with Crippen molar-refractivity contribution in [1.82, 2.24) is 14.5 Å². The van der Waals surface area contributed by atoms with E-state index in [0.29, 0.717) is 30.5 Å². The maximum absolute atomic E-state index is 14.6. The number of carbonyl (C=O) groups is 3. The minimum Gasteiger partial charge on any atom is -0.490 e. The molecule has 1 spiro atoms. The number of anilines is 1. The Morgan fingerprint density at radius 3 is 2.73 bits per heavy atom. The van der Waals surface area contributed by atoms with Gasteiger partial charge in [0, 0.05) is 55.4 Å². The number of ketones is 1. The van der Waals surface area contributed by atoms with Crippen molar-refractivity contribution < 1.29 is 32.8 Å². The van der Waals surface area contributed by atoms with Crippen LogP contribution in [0.5, 0.6) is 11.6 Å². The molecule has 1 aromatic heterocycles. The summed E-state index contributed by atoms with van der Waals surface area (Å²) in [6.45, 7) is 3.39. The highest BCUT2D eigenvalue weighted by Gasteiger charge is 2.44. The Morgan fingerprint density at radius 1 is 1.15 bits per heavy atom. The molecule has 3 heterocycles. The van der Waals surface area contributed by atoms with Crippen LogP contribution in [0.25, 0.3) is 0 Å². The molecule has 3 aromatic rings. The van der Waals surface area contributed by atoms with Gasteiger partial charge in [-0.25, -0.2) is 4.21 Å². The number of carbonyl (C=O) groups excluding carboxylic acids is 3. The summed E-state index contributed by atoms with van der Waals surface area (Å²) < 4.78 is 40.4. The first kappa shape index (κ1) is 36.2. The zero-order valence-electron chi connectivity index (χ0n) is 29.8. The van der Waals surface area contributed by atoms with E-state index in [0.717, 1.165) is 37.8 Å². The third kappa shape index (κ3) is 6.97. The molecule has 4 aliphatic rings. The van der Waals surface area contributed by atoms with E-state index in [-0.39, 0.29) is 46.1 Å². The van der Waals surface area contributed by atoms with Crippen LogP contribution in [0.4, 0.5) is 5.69 Å². The molecule has 1 unspecified atom stereocenters. The number of aryl methyl sites for hydroxylation is 2. The zero-order chi connectivity index (χ0) is 36.8. The smallest absolute Gasteiger partial charge is 0.286 e. The van der Waals surface area contributed by atoms with Crippen LogP contribution in [0, 0.1) is 17.8 Å². The molecular weight excluding hydrogens is 706 g/mol. The standard InChI is InChI=1S/C38H44ClN5O7S/c1-23-20-52(48,42-36(47)29-19-43(2)40-37(29)50-4)41-35(46)25-8-13-34-31(17-25)44(18-26-7-10-28(26)33(49-3)14-12-32(23)45)21-38(22-51-34)15-5-6-24-16-27(39)9-11-30(24)38/h8-9,11-14,16-17,19,23,26,28,33H,5-7,10,15,18,20-22H2,1-4H3,(H,41,42,46,47,48)/b14-12+/t23-,26+,28-,33+,38+,52?/m1/s1. The first-order valence-electron chi connectivity index (χ1n) is 17.7. The van der Waals surface area contributed by atoms with E-state index in [4.69, 9.17) is 25.8 Å². The first-order valence-corrected chi connectivity index (χ1v) is 19.7. The zero-order valence-corrected chi connectivity index (χ0v) is 31.4. The van der Waals surface area contributed by atoms with Crippen LogP contribution in [-0.2, 0) is 38.3 Å². The molecule has 276 valence electrons. The van der Waals surface area contributed by atoms with Crippen LogP contribution in [0.1, 0.15) is 64.4 Å². The number of halogens is 1. The van der Waals surface area contributed by atoms with Crippen molar-refractivity contribution in [3.63, 3.8) is 0 Å². The fourth-order valence-corrected chi connectivity index (χ4v) is 10.2. The minimum absolute atomic E-state index is 0.0117. The van der Waals surface area contributed by atoms with E-state index in [2.05, 4.69) is 31.2 Å². The Bertz CT molecular complexity index is 2070. The van der Waals surface area contributed by atoms with Gasteiger partial charge in [-0.05, 0) is 91.5 Å². The number of aromatic nitrogens is 2. The second kappa shape index (κ2) is 14.3. The maximum atomic E-state index is 14.6. The van der Waals surface area contributed by atoms with Crippen molar-refractivity contribution in [2.24, 2.45) is 29.2 Å². The van der Waals surface area contributed by atoms with Gasteiger partial charge in [-0.3, -0.25) is 23.8 Å². The quantitative estimate of drug-likeness (QED) is 0.375. The number of allylic oxidation sites excluding steroid dienone is 1. The lowest BCUT2D eigenvalue weighted by atomic mass is 9.68. The van der Waals surface area contributed by atoms with Crippen LogP contribution >= 0.6 is 11.6 Å². The van der Waals surface area contributed by atoms with E-state index < -0.39 is 33.4 Å². The van der Waals surface area contributed by atoms with Crippen molar-refractivity contribution >= 4 is 44.8 Å². The van der Waals surface area contributed by atoms with Crippen molar-refractivity contribution in [3.8, 4) is 11.6 Å². The topological polar surface area (TPSA) is 141 Å². The molecule has 7 rings (SSSR count). The number of fused-ring (bicyclic) bond motifs is 4. The highest BCUT2D eigenvalue weighted by molar-refractivity contribution is 7.92. The van der Waals surface area contributed by atoms with E-state index in [1.54, 1.807) is 45.4 Å². The van der Waals surface area contributed by atoms with Gasteiger partial charge in [0.05, 0.1) is 31.3 Å². The second-order valence-corrected chi connectivity index (χ2v) is 16.9. The summed E-state index contributed by atoms with van der Waals surface area (Å²) in [5, 5.41) is 4.82. The predicted molar refractivity (Wildman–Crippen MR) is 198 cm³/mol. The summed E-state index contributed by atoms with van der Waals surface area (Å²) in [7, 11) is 0.777. The summed E-state index contributed by atoms with van der Waals surface area (Å²) in [5.41, 5.74) is 3.08. The molecular formula is C38H44ClN5O7S. The van der Waals surface area contributed by atoms with Crippen molar-refractivity contribution in [2.45, 2.75) is 50.5 Å².